The summed E-state index contributed by atoms with van der Waals surface area (Å²) in [6.45, 7) is 0. The lowest BCUT2D eigenvalue weighted by molar-refractivity contribution is 0.408. The van der Waals surface area contributed by atoms with Crippen LogP contribution in [0.4, 0.5) is 4.39 Å². The van der Waals surface area contributed by atoms with Crippen LogP contribution in [0.5, 0.6) is 5.75 Å². The monoisotopic (exact) mass is 313 g/mol. The van der Waals surface area contributed by atoms with Crippen LogP contribution in [0.25, 0.3) is 0 Å². The summed E-state index contributed by atoms with van der Waals surface area (Å²) in [6.07, 6.45) is 0.419. The SMILES string of the molecule is COc1ccc(Cl)cc1CC(N)c1ccc(Cl)cc1F. The molecule has 0 aliphatic rings. The van der Waals surface area contributed by atoms with Crippen molar-refractivity contribution < 1.29 is 9.13 Å². The summed E-state index contributed by atoms with van der Waals surface area (Å²) >= 11 is 11.7. The van der Waals surface area contributed by atoms with E-state index in [4.69, 9.17) is 33.7 Å². The van der Waals surface area contributed by atoms with Crippen molar-refractivity contribution >= 4 is 23.2 Å². The van der Waals surface area contributed by atoms with Crippen LogP contribution >= 0.6 is 23.2 Å². The molecule has 0 bridgehead atoms. The van der Waals surface area contributed by atoms with Gasteiger partial charge < -0.3 is 10.5 Å². The highest BCUT2D eigenvalue weighted by Crippen LogP contribution is 2.28. The van der Waals surface area contributed by atoms with Crippen LogP contribution in [0.1, 0.15) is 17.2 Å². The summed E-state index contributed by atoms with van der Waals surface area (Å²) < 4.78 is 19.1. The predicted molar refractivity (Wildman–Crippen MR) is 80.0 cm³/mol. The van der Waals surface area contributed by atoms with Gasteiger partial charge >= 0.3 is 0 Å². The maximum atomic E-state index is 13.8. The number of methoxy groups -OCH3 is 1. The summed E-state index contributed by atoms with van der Waals surface area (Å²) in [5.74, 6) is 0.269. The van der Waals surface area contributed by atoms with E-state index < -0.39 is 11.9 Å². The Kier molecular flexibility index (Phi) is 4.86. The lowest BCUT2D eigenvalue weighted by Gasteiger charge is -2.15. The minimum absolute atomic E-state index is 0.346. The first-order valence-corrected chi connectivity index (χ1v) is 6.80. The Morgan fingerprint density at radius 1 is 1.15 bits per heavy atom. The first kappa shape index (κ1) is 15.1. The molecule has 0 saturated heterocycles. The van der Waals surface area contributed by atoms with Crippen molar-refractivity contribution in [2.75, 3.05) is 7.11 Å². The van der Waals surface area contributed by atoms with Gasteiger partial charge in [0.1, 0.15) is 11.6 Å². The molecule has 1 atom stereocenters. The normalized spacial score (nSPS) is 12.2. The second kappa shape index (κ2) is 6.44. The minimum Gasteiger partial charge on any atom is -0.496 e. The number of ether oxygens (including phenoxy) is 1. The molecule has 1 unspecified atom stereocenters. The Bertz CT molecular complexity index is 619. The molecule has 0 spiro atoms. The molecule has 0 fully saturated rings. The maximum Gasteiger partial charge on any atom is 0.129 e. The summed E-state index contributed by atoms with van der Waals surface area (Å²) in [4.78, 5) is 0. The zero-order chi connectivity index (χ0) is 14.7. The van der Waals surface area contributed by atoms with Gasteiger partial charge in [-0.25, -0.2) is 4.39 Å². The van der Waals surface area contributed by atoms with E-state index in [0.29, 0.717) is 27.8 Å². The van der Waals surface area contributed by atoms with Gasteiger partial charge in [-0.1, -0.05) is 29.3 Å². The number of hydrogen-bond donors (Lipinski definition) is 1. The smallest absolute Gasteiger partial charge is 0.129 e. The van der Waals surface area contributed by atoms with Gasteiger partial charge in [0, 0.05) is 21.7 Å². The molecule has 0 heterocycles. The summed E-state index contributed by atoms with van der Waals surface area (Å²) in [6, 6.07) is 9.25. The van der Waals surface area contributed by atoms with Crippen LogP contribution in [-0.4, -0.2) is 7.11 Å². The number of hydrogen-bond acceptors (Lipinski definition) is 2. The third-order valence-corrected chi connectivity index (χ3v) is 3.51. The standard InChI is InChI=1S/C15H14Cl2FNO/c1-20-15-5-3-10(16)6-9(15)7-14(19)12-4-2-11(17)8-13(12)18/h2-6,8,14H,7,19H2,1H3. The van der Waals surface area contributed by atoms with Crippen molar-refractivity contribution in [1.82, 2.24) is 0 Å². The fourth-order valence-electron chi connectivity index (χ4n) is 2.06. The molecule has 2 N–H and O–H groups in total. The highest BCUT2D eigenvalue weighted by Gasteiger charge is 2.15. The fourth-order valence-corrected chi connectivity index (χ4v) is 2.41. The van der Waals surface area contributed by atoms with Crippen molar-refractivity contribution in [3.8, 4) is 5.75 Å². The van der Waals surface area contributed by atoms with Crippen molar-refractivity contribution in [2.24, 2.45) is 5.73 Å². The van der Waals surface area contributed by atoms with E-state index in [1.54, 1.807) is 37.4 Å². The second-order valence-corrected chi connectivity index (χ2v) is 5.31. The maximum absolute atomic E-state index is 13.8. The second-order valence-electron chi connectivity index (χ2n) is 4.43. The van der Waals surface area contributed by atoms with Crippen LogP contribution < -0.4 is 10.5 Å². The summed E-state index contributed by atoms with van der Waals surface area (Å²) in [7, 11) is 1.57. The molecule has 2 aromatic rings. The first-order valence-electron chi connectivity index (χ1n) is 6.04. The van der Waals surface area contributed by atoms with E-state index in [-0.39, 0.29) is 0 Å². The van der Waals surface area contributed by atoms with Crippen LogP contribution in [0, 0.1) is 5.82 Å². The molecule has 0 radical (unpaired) electrons. The molecular formula is C15H14Cl2FNO. The first-order chi connectivity index (χ1) is 9.51. The number of nitrogens with two attached hydrogens (primary N) is 1. The van der Waals surface area contributed by atoms with E-state index >= 15 is 0 Å². The van der Waals surface area contributed by atoms with E-state index in [9.17, 15) is 4.39 Å². The molecule has 2 rings (SSSR count). The van der Waals surface area contributed by atoms with Crippen LogP contribution in [0.3, 0.4) is 0 Å². The van der Waals surface area contributed by atoms with Gasteiger partial charge in [-0.15, -0.1) is 0 Å². The Morgan fingerprint density at radius 2 is 1.80 bits per heavy atom. The molecule has 5 heteroatoms. The average Bonchev–Trinajstić information content (AvgIpc) is 2.38. The third-order valence-electron chi connectivity index (χ3n) is 3.04. The molecule has 2 nitrogen and oxygen atoms in total. The van der Waals surface area contributed by atoms with Gasteiger partial charge in [-0.3, -0.25) is 0 Å². The molecule has 0 aromatic heterocycles. The van der Waals surface area contributed by atoms with Gasteiger partial charge in [0.15, 0.2) is 0 Å². The lowest BCUT2D eigenvalue weighted by atomic mass is 9.98. The van der Waals surface area contributed by atoms with Crippen LogP contribution in [-0.2, 0) is 6.42 Å². The zero-order valence-corrected chi connectivity index (χ0v) is 12.4. The van der Waals surface area contributed by atoms with Crippen molar-refractivity contribution in [1.29, 1.82) is 0 Å². The topological polar surface area (TPSA) is 35.2 Å². The van der Waals surface area contributed by atoms with E-state index in [1.165, 1.54) is 6.07 Å². The molecule has 0 aliphatic heterocycles. The van der Waals surface area contributed by atoms with Crippen molar-refractivity contribution in [3.05, 3.63) is 63.4 Å². The predicted octanol–water partition coefficient (Wildman–Crippen LogP) is 4.38. The number of benzene rings is 2. The molecule has 106 valence electrons. The quantitative estimate of drug-likeness (QED) is 0.909. The average molecular weight is 314 g/mol. The highest BCUT2D eigenvalue weighted by molar-refractivity contribution is 6.30. The van der Waals surface area contributed by atoms with Gasteiger partial charge in [0.2, 0.25) is 0 Å². The third kappa shape index (κ3) is 3.42. The molecular weight excluding hydrogens is 300 g/mol. The molecule has 0 amide bonds. The van der Waals surface area contributed by atoms with E-state index in [2.05, 4.69) is 0 Å². The summed E-state index contributed by atoms with van der Waals surface area (Å²) in [5, 5.41) is 0.934. The van der Waals surface area contributed by atoms with E-state index in [1.807, 2.05) is 0 Å². The Hall–Kier alpha value is -1.29. The lowest BCUT2D eigenvalue weighted by Crippen LogP contribution is -2.15. The van der Waals surface area contributed by atoms with Crippen LogP contribution in [0.15, 0.2) is 36.4 Å². The van der Waals surface area contributed by atoms with Crippen molar-refractivity contribution in [3.63, 3.8) is 0 Å². The molecule has 20 heavy (non-hydrogen) atoms. The molecule has 2 aromatic carbocycles. The Morgan fingerprint density at radius 3 is 2.45 bits per heavy atom. The summed E-state index contributed by atoms with van der Waals surface area (Å²) in [5.41, 5.74) is 7.32. The van der Waals surface area contributed by atoms with E-state index in [0.717, 1.165) is 5.56 Å². The zero-order valence-electron chi connectivity index (χ0n) is 10.9. The Balaban J connectivity index is 2.27. The Labute approximate surface area is 127 Å². The van der Waals surface area contributed by atoms with Crippen molar-refractivity contribution in [2.45, 2.75) is 12.5 Å². The van der Waals surface area contributed by atoms with Gasteiger partial charge in [-0.2, -0.15) is 0 Å². The largest absolute Gasteiger partial charge is 0.496 e. The van der Waals surface area contributed by atoms with Gasteiger partial charge in [0.25, 0.3) is 0 Å². The molecule has 0 aliphatic carbocycles. The fraction of sp³-hybridized carbons (Fsp3) is 0.200. The minimum atomic E-state index is -0.500. The number of halogens is 3. The van der Waals surface area contributed by atoms with Gasteiger partial charge in [0.05, 0.1) is 7.11 Å². The van der Waals surface area contributed by atoms with Gasteiger partial charge in [-0.05, 0) is 42.3 Å². The molecule has 0 saturated carbocycles. The number of rotatable bonds is 4. The van der Waals surface area contributed by atoms with Crippen LogP contribution in [0.2, 0.25) is 10.0 Å². The highest BCUT2D eigenvalue weighted by atomic mass is 35.5.